The van der Waals surface area contributed by atoms with E-state index in [1.807, 2.05) is 62.9 Å². The highest BCUT2D eigenvalue weighted by atomic mass is 19.4. The van der Waals surface area contributed by atoms with Crippen LogP contribution in [0.4, 0.5) is 13.2 Å². The zero-order valence-electron chi connectivity index (χ0n) is 32.6. The van der Waals surface area contributed by atoms with Crippen LogP contribution in [0.25, 0.3) is 5.76 Å². The first-order valence-corrected chi connectivity index (χ1v) is 20.2. The quantitative estimate of drug-likeness (QED) is 0.122. The van der Waals surface area contributed by atoms with Gasteiger partial charge in [-0.05, 0) is 92.0 Å². The fourth-order valence-electron chi connectivity index (χ4n) is 9.59. The van der Waals surface area contributed by atoms with Gasteiger partial charge in [0.1, 0.15) is 17.1 Å². The molecule has 0 bridgehead atoms. The second-order valence-corrected chi connectivity index (χ2v) is 15.5. The summed E-state index contributed by atoms with van der Waals surface area (Å²) in [6.45, 7) is 10.1. The molecule has 2 aromatic carbocycles. The fourth-order valence-corrected chi connectivity index (χ4v) is 9.59. The molecular weight excluding hydrogens is 727 g/mol. The summed E-state index contributed by atoms with van der Waals surface area (Å²) in [5.74, 6) is -4.63. The van der Waals surface area contributed by atoms with Crippen molar-refractivity contribution < 1.29 is 47.0 Å². The lowest BCUT2D eigenvalue weighted by molar-refractivity contribution is -0.143. The predicted octanol–water partition coefficient (Wildman–Crippen LogP) is 8.43. The molecule has 0 spiro atoms. The molecule has 4 aliphatic rings. The second-order valence-electron chi connectivity index (χ2n) is 15.5. The molecule has 56 heavy (non-hydrogen) atoms. The third-order valence-electron chi connectivity index (χ3n) is 12.3. The SMILES string of the molecule is CCCCOc1cc(C2CCCN2Cc2ccccc2)c(C(F)(F)F)c2c1C(O)=C1C(=O)[C@]3(O)C(=O)c4c(OCCCC)noc4[C@@H](N(CC)CC)[C@@H]3C[C@@H]1C2. The molecule has 1 unspecified atom stereocenters. The highest BCUT2D eigenvalue weighted by Gasteiger charge is 2.66. The molecule has 2 fully saturated rings. The average molecular weight is 780 g/mol. The Balaban J connectivity index is 1.39. The number of likely N-dealkylation sites (tertiary alicyclic amines) is 1. The van der Waals surface area contributed by atoms with Crippen LogP contribution >= 0.6 is 0 Å². The number of alkyl halides is 3. The van der Waals surface area contributed by atoms with Crippen molar-refractivity contribution in [3.05, 3.63) is 81.1 Å². The van der Waals surface area contributed by atoms with Gasteiger partial charge in [-0.1, -0.05) is 70.9 Å². The van der Waals surface area contributed by atoms with E-state index >= 15 is 13.2 Å². The number of halogens is 3. The van der Waals surface area contributed by atoms with Gasteiger partial charge in [0.15, 0.2) is 11.4 Å². The maximum Gasteiger partial charge on any atom is 0.417 e. The van der Waals surface area contributed by atoms with Crippen molar-refractivity contribution >= 4 is 17.3 Å². The number of aromatic nitrogens is 1. The van der Waals surface area contributed by atoms with Crippen LogP contribution in [-0.4, -0.2) is 75.2 Å². The summed E-state index contributed by atoms with van der Waals surface area (Å²) in [5, 5.41) is 28.8. The number of rotatable bonds is 14. The van der Waals surface area contributed by atoms with E-state index < -0.39 is 58.6 Å². The number of Topliss-reactive ketones (excluding diaryl/α,β-unsaturated/α-hetero) is 2. The average Bonchev–Trinajstić information content (AvgIpc) is 3.81. The van der Waals surface area contributed by atoms with E-state index in [2.05, 4.69) is 10.1 Å². The summed E-state index contributed by atoms with van der Waals surface area (Å²) in [6, 6.07) is 9.65. The summed E-state index contributed by atoms with van der Waals surface area (Å²) in [4.78, 5) is 33.4. The lowest BCUT2D eigenvalue weighted by Gasteiger charge is -2.50. The van der Waals surface area contributed by atoms with Gasteiger partial charge in [-0.25, -0.2) is 0 Å². The Labute approximate surface area is 325 Å². The van der Waals surface area contributed by atoms with E-state index in [9.17, 15) is 19.8 Å². The third-order valence-corrected chi connectivity index (χ3v) is 12.3. The van der Waals surface area contributed by atoms with Crippen molar-refractivity contribution in [1.82, 2.24) is 15.0 Å². The van der Waals surface area contributed by atoms with Crippen molar-refractivity contribution in [1.29, 1.82) is 0 Å². The standard InChI is InChI=1S/C43H52F3N3O7/c1-5-9-19-54-31-23-27(30-17-14-18-49(30)24-25-15-12-11-13-16-25)35(43(44,45)46)28-21-26-22-29-36(48(7-3)8-4)38-34(41(47-56-38)55-20-10-6-2)40(52)42(29,53)39(51)32(26)37(50)33(28)31/h11-13,15-16,23,26,29-30,36,50,53H,5-10,14,17-22,24H2,1-4H3/t26-,29-,30?,36-,42-/m0/s1. The first-order chi connectivity index (χ1) is 26.9. The number of carbonyl (C=O) groups excluding carboxylic acids is 2. The van der Waals surface area contributed by atoms with Crippen LogP contribution in [0.1, 0.15) is 129 Å². The molecule has 1 aliphatic heterocycles. The van der Waals surface area contributed by atoms with E-state index in [0.29, 0.717) is 51.9 Å². The highest BCUT2D eigenvalue weighted by Crippen LogP contribution is 2.58. The summed E-state index contributed by atoms with van der Waals surface area (Å²) >= 11 is 0. The maximum absolute atomic E-state index is 15.7. The summed E-state index contributed by atoms with van der Waals surface area (Å²) in [5.41, 5.74) is -3.14. The molecule has 3 aromatic rings. The number of unbranched alkanes of at least 4 members (excludes halogenated alkanes) is 2. The topological polar surface area (TPSA) is 126 Å². The molecule has 2 N–H and O–H groups in total. The maximum atomic E-state index is 15.7. The molecule has 5 atom stereocenters. The van der Waals surface area contributed by atoms with Gasteiger partial charge in [0, 0.05) is 24.1 Å². The van der Waals surface area contributed by atoms with Gasteiger partial charge in [0.25, 0.3) is 5.88 Å². The normalized spacial score (nSPS) is 24.9. The first-order valence-electron chi connectivity index (χ1n) is 20.2. The molecular formula is C43H52F3N3O7. The summed E-state index contributed by atoms with van der Waals surface area (Å²) < 4.78 is 64.9. The predicted molar refractivity (Wildman–Crippen MR) is 202 cm³/mol. The smallest absolute Gasteiger partial charge is 0.417 e. The molecule has 3 aliphatic carbocycles. The monoisotopic (exact) mass is 779 g/mol. The van der Waals surface area contributed by atoms with E-state index in [0.717, 1.165) is 18.4 Å². The highest BCUT2D eigenvalue weighted by molar-refractivity contribution is 6.26. The lowest BCUT2D eigenvalue weighted by Crippen LogP contribution is -2.63. The van der Waals surface area contributed by atoms with Crippen molar-refractivity contribution in [3.8, 4) is 11.6 Å². The fraction of sp³-hybridized carbons (Fsp3) is 0.558. The van der Waals surface area contributed by atoms with Crippen LogP contribution < -0.4 is 9.47 Å². The zero-order valence-corrected chi connectivity index (χ0v) is 32.6. The Morgan fingerprint density at radius 3 is 2.36 bits per heavy atom. The van der Waals surface area contributed by atoms with E-state index in [-0.39, 0.29) is 71.3 Å². The van der Waals surface area contributed by atoms with Crippen LogP contribution in [0.5, 0.6) is 11.6 Å². The van der Waals surface area contributed by atoms with E-state index in [1.165, 1.54) is 6.07 Å². The minimum absolute atomic E-state index is 0.0530. The number of aliphatic hydroxyl groups excluding tert-OH is 1. The molecule has 0 amide bonds. The van der Waals surface area contributed by atoms with E-state index in [1.54, 1.807) is 0 Å². The summed E-state index contributed by atoms with van der Waals surface area (Å²) in [6.07, 6.45) is -1.07. The number of ketones is 2. The summed E-state index contributed by atoms with van der Waals surface area (Å²) in [7, 11) is 0. The molecule has 1 aromatic heterocycles. The number of aliphatic hydroxyl groups is 2. The number of fused-ring (bicyclic) bond motifs is 4. The third kappa shape index (κ3) is 6.72. The first kappa shape index (κ1) is 40.0. The lowest BCUT2D eigenvalue weighted by atomic mass is 9.56. The van der Waals surface area contributed by atoms with Gasteiger partial charge in [0.05, 0.1) is 30.4 Å². The second kappa shape index (κ2) is 16.0. The number of hydrogen-bond acceptors (Lipinski definition) is 10. The van der Waals surface area contributed by atoms with Gasteiger partial charge in [-0.15, -0.1) is 0 Å². The molecule has 302 valence electrons. The number of nitrogens with zero attached hydrogens (tertiary/aromatic N) is 3. The molecule has 1 saturated heterocycles. The van der Waals surface area contributed by atoms with Gasteiger partial charge < -0.3 is 24.2 Å². The largest absolute Gasteiger partial charge is 0.507 e. The van der Waals surface area contributed by atoms with Gasteiger partial charge in [-0.3, -0.25) is 19.4 Å². The van der Waals surface area contributed by atoms with Crippen molar-refractivity contribution in [2.24, 2.45) is 11.8 Å². The van der Waals surface area contributed by atoms with Crippen molar-refractivity contribution in [3.63, 3.8) is 0 Å². The number of ether oxygens (including phenoxy) is 2. The molecule has 10 nitrogen and oxygen atoms in total. The van der Waals surface area contributed by atoms with Crippen LogP contribution in [0, 0.1) is 11.8 Å². The van der Waals surface area contributed by atoms with Crippen molar-refractivity contribution in [2.75, 3.05) is 32.8 Å². The van der Waals surface area contributed by atoms with Crippen LogP contribution in [0.2, 0.25) is 0 Å². The van der Waals surface area contributed by atoms with Crippen LogP contribution in [-0.2, 0) is 23.9 Å². The Hall–Kier alpha value is -4.20. The number of carbonyl (C=O) groups is 2. The molecule has 0 radical (unpaired) electrons. The van der Waals surface area contributed by atoms with Crippen LogP contribution in [0.15, 0.2) is 46.5 Å². The van der Waals surface area contributed by atoms with Crippen molar-refractivity contribution in [2.45, 2.75) is 109 Å². The minimum Gasteiger partial charge on any atom is -0.507 e. The van der Waals surface area contributed by atoms with E-state index in [4.69, 9.17) is 14.0 Å². The number of hydrogen-bond donors (Lipinski definition) is 2. The Morgan fingerprint density at radius 2 is 1.70 bits per heavy atom. The van der Waals surface area contributed by atoms with Gasteiger partial charge in [0.2, 0.25) is 11.6 Å². The molecule has 13 heteroatoms. The van der Waals surface area contributed by atoms with Gasteiger partial charge >= 0.3 is 6.18 Å². The molecule has 1 saturated carbocycles. The van der Waals surface area contributed by atoms with Gasteiger partial charge in [-0.2, -0.15) is 13.2 Å². The Morgan fingerprint density at radius 1 is 1.00 bits per heavy atom. The number of benzene rings is 2. The Bertz CT molecular complexity index is 1970. The van der Waals surface area contributed by atoms with Crippen LogP contribution in [0.3, 0.4) is 0 Å². The molecule has 7 rings (SSSR count). The zero-order chi connectivity index (χ0) is 39.9. The Kier molecular flexibility index (Phi) is 11.4. The minimum atomic E-state index is -4.81. The molecule has 2 heterocycles.